The monoisotopic (exact) mass is 464 g/mol. The first-order chi connectivity index (χ1) is 16.2. The lowest BCUT2D eigenvalue weighted by Gasteiger charge is -2.13. The third kappa shape index (κ3) is 3.76. The summed E-state index contributed by atoms with van der Waals surface area (Å²) in [4.78, 5) is 17.4. The molecule has 7 nitrogen and oxygen atoms in total. The van der Waals surface area contributed by atoms with E-state index in [0.29, 0.717) is 10.1 Å². The first-order valence-electron chi connectivity index (χ1n) is 10.4. The summed E-state index contributed by atoms with van der Waals surface area (Å²) in [6, 6.07) is 13.7. The van der Waals surface area contributed by atoms with Gasteiger partial charge in [0.2, 0.25) is 0 Å². The number of aromatic nitrogens is 5. The number of benzene rings is 2. The van der Waals surface area contributed by atoms with E-state index < -0.39 is 17.8 Å². The highest BCUT2D eigenvalue weighted by Crippen LogP contribution is 2.34. The minimum Gasteiger partial charge on any atom is -0.348 e. The van der Waals surface area contributed by atoms with Crippen molar-refractivity contribution in [1.29, 1.82) is 0 Å². The number of carbonyl (C=O) groups is 1. The van der Waals surface area contributed by atoms with Crippen LogP contribution in [0.1, 0.15) is 27.3 Å². The summed E-state index contributed by atoms with van der Waals surface area (Å²) in [7, 11) is 1.76. The number of nitrogens with zero attached hydrogens (tertiary/aromatic N) is 5. The number of aryl methyl sites for hydroxylation is 2. The summed E-state index contributed by atoms with van der Waals surface area (Å²) in [6.45, 7) is 1.98. The van der Waals surface area contributed by atoms with E-state index in [1.54, 1.807) is 30.1 Å². The minimum atomic E-state index is -4.70. The molecule has 1 amide bonds. The Balaban J connectivity index is 1.62. The first-order valence-corrected chi connectivity index (χ1v) is 10.4. The molecule has 0 saturated carbocycles. The number of amides is 1. The van der Waals surface area contributed by atoms with E-state index in [9.17, 15) is 18.0 Å². The van der Waals surface area contributed by atoms with Crippen LogP contribution in [0.2, 0.25) is 0 Å². The van der Waals surface area contributed by atoms with E-state index in [1.807, 2.05) is 37.3 Å². The van der Waals surface area contributed by atoms with Gasteiger partial charge in [-0.1, -0.05) is 42.5 Å². The fourth-order valence-electron chi connectivity index (χ4n) is 4.00. The smallest absolute Gasteiger partial charge is 0.348 e. The van der Waals surface area contributed by atoms with Crippen LogP contribution in [0.15, 0.2) is 60.9 Å². The number of alkyl halides is 3. The molecule has 5 aromatic rings. The predicted molar refractivity (Wildman–Crippen MR) is 120 cm³/mol. The van der Waals surface area contributed by atoms with Crippen molar-refractivity contribution >= 4 is 22.3 Å². The van der Waals surface area contributed by atoms with Crippen molar-refractivity contribution in [3.05, 3.63) is 83.4 Å². The lowest BCUT2D eigenvalue weighted by atomic mass is 10.0. The van der Waals surface area contributed by atoms with Crippen molar-refractivity contribution in [1.82, 2.24) is 29.7 Å². The van der Waals surface area contributed by atoms with Gasteiger partial charge in [0.05, 0.1) is 17.6 Å². The molecule has 172 valence electrons. The molecule has 0 unspecified atom stereocenters. The van der Waals surface area contributed by atoms with Gasteiger partial charge in [-0.2, -0.15) is 23.4 Å². The second kappa shape index (κ2) is 7.98. The third-order valence-electron chi connectivity index (χ3n) is 5.63. The number of hydrogen-bond donors (Lipinski definition) is 1. The molecular formula is C24H19F3N6O. The van der Waals surface area contributed by atoms with Gasteiger partial charge in [0.25, 0.3) is 5.91 Å². The summed E-state index contributed by atoms with van der Waals surface area (Å²) in [5, 5.41) is 12.4. The third-order valence-corrected chi connectivity index (χ3v) is 5.63. The van der Waals surface area contributed by atoms with E-state index in [-0.39, 0.29) is 23.4 Å². The van der Waals surface area contributed by atoms with Gasteiger partial charge in [0.15, 0.2) is 11.3 Å². The Morgan fingerprint density at radius 3 is 2.62 bits per heavy atom. The number of hydrogen-bond acceptors (Lipinski definition) is 4. The van der Waals surface area contributed by atoms with E-state index in [4.69, 9.17) is 0 Å². The van der Waals surface area contributed by atoms with Crippen molar-refractivity contribution in [2.75, 3.05) is 0 Å². The van der Waals surface area contributed by atoms with Gasteiger partial charge in [-0.3, -0.25) is 9.48 Å². The van der Waals surface area contributed by atoms with Gasteiger partial charge in [-0.05, 0) is 23.8 Å². The first kappa shape index (κ1) is 21.6. The Kier molecular flexibility index (Phi) is 5.07. The highest BCUT2D eigenvalue weighted by Gasteiger charge is 2.36. The Bertz CT molecular complexity index is 1540. The molecule has 34 heavy (non-hydrogen) atoms. The van der Waals surface area contributed by atoms with Crippen LogP contribution < -0.4 is 5.32 Å². The molecular weight excluding hydrogens is 445 g/mol. The number of nitrogens with one attached hydrogen (secondary N) is 1. The highest BCUT2D eigenvalue weighted by molar-refractivity contribution is 6.00. The Labute approximate surface area is 191 Å². The zero-order valence-electron chi connectivity index (χ0n) is 18.3. The zero-order valence-corrected chi connectivity index (χ0v) is 18.3. The summed E-state index contributed by atoms with van der Waals surface area (Å²) < 4.78 is 44.2. The molecule has 10 heteroatoms. The number of rotatable bonds is 4. The molecule has 0 saturated heterocycles. The van der Waals surface area contributed by atoms with Crippen molar-refractivity contribution in [2.24, 2.45) is 7.05 Å². The normalized spacial score (nSPS) is 11.9. The van der Waals surface area contributed by atoms with Crippen LogP contribution in [0, 0.1) is 6.92 Å². The van der Waals surface area contributed by atoms with Crippen LogP contribution >= 0.6 is 0 Å². The molecule has 0 aliphatic heterocycles. The maximum atomic E-state index is 14.0. The van der Waals surface area contributed by atoms with E-state index in [2.05, 4.69) is 20.5 Å². The van der Waals surface area contributed by atoms with Crippen LogP contribution in [-0.2, 0) is 19.8 Å². The standard InChI is InChI=1S/C24H19F3N6O/c1-14-16(13-32(2)31-14)11-28-23(34)19-12-29-33-21(24(25,26)27)10-20(30-22(19)33)18-9-5-7-15-6-3-4-8-17(15)18/h3-10,12-13H,11H2,1-2H3,(H,28,34). The van der Waals surface area contributed by atoms with Crippen molar-refractivity contribution in [3.63, 3.8) is 0 Å². The second-order valence-corrected chi connectivity index (χ2v) is 7.94. The second-order valence-electron chi connectivity index (χ2n) is 7.94. The molecule has 0 bridgehead atoms. The molecule has 3 heterocycles. The van der Waals surface area contributed by atoms with Gasteiger partial charge >= 0.3 is 6.18 Å². The largest absolute Gasteiger partial charge is 0.433 e. The molecule has 0 fully saturated rings. The van der Waals surface area contributed by atoms with Crippen LogP contribution in [0.25, 0.3) is 27.7 Å². The molecule has 0 radical (unpaired) electrons. The van der Waals surface area contributed by atoms with Crippen molar-refractivity contribution in [2.45, 2.75) is 19.6 Å². The molecule has 5 rings (SSSR count). The molecule has 0 aliphatic rings. The van der Waals surface area contributed by atoms with Gasteiger partial charge < -0.3 is 5.32 Å². The molecule has 0 atom stereocenters. The topological polar surface area (TPSA) is 77.1 Å². The fourth-order valence-corrected chi connectivity index (χ4v) is 4.00. The lowest BCUT2D eigenvalue weighted by molar-refractivity contribution is -0.142. The van der Waals surface area contributed by atoms with Crippen LogP contribution in [0.5, 0.6) is 0 Å². The Morgan fingerprint density at radius 2 is 1.88 bits per heavy atom. The number of fused-ring (bicyclic) bond motifs is 2. The maximum absolute atomic E-state index is 14.0. The van der Waals surface area contributed by atoms with E-state index in [0.717, 1.165) is 34.3 Å². The average Bonchev–Trinajstić information content (AvgIpc) is 3.37. The molecule has 2 aromatic carbocycles. The molecule has 0 spiro atoms. The van der Waals surface area contributed by atoms with Gasteiger partial charge in [-0.15, -0.1) is 0 Å². The van der Waals surface area contributed by atoms with Crippen molar-refractivity contribution in [3.8, 4) is 11.3 Å². The highest BCUT2D eigenvalue weighted by atomic mass is 19.4. The zero-order chi connectivity index (χ0) is 24.0. The number of halogens is 3. The molecule has 3 aromatic heterocycles. The van der Waals surface area contributed by atoms with E-state index in [1.165, 1.54) is 0 Å². The van der Waals surface area contributed by atoms with E-state index >= 15 is 0 Å². The van der Waals surface area contributed by atoms with Gasteiger partial charge in [-0.25, -0.2) is 9.50 Å². The van der Waals surface area contributed by atoms with Crippen LogP contribution in [0.4, 0.5) is 13.2 Å². The molecule has 1 N–H and O–H groups in total. The fraction of sp³-hybridized carbons (Fsp3) is 0.167. The average molecular weight is 464 g/mol. The Morgan fingerprint density at radius 1 is 1.12 bits per heavy atom. The lowest BCUT2D eigenvalue weighted by Crippen LogP contribution is -2.23. The summed E-state index contributed by atoms with van der Waals surface area (Å²) in [5.74, 6) is -0.575. The van der Waals surface area contributed by atoms with Gasteiger partial charge in [0.1, 0.15) is 5.56 Å². The maximum Gasteiger partial charge on any atom is 0.433 e. The molecule has 0 aliphatic carbocycles. The summed E-state index contributed by atoms with van der Waals surface area (Å²) >= 11 is 0. The number of carbonyl (C=O) groups excluding carboxylic acids is 1. The minimum absolute atomic E-state index is 0.0471. The quantitative estimate of drug-likeness (QED) is 0.424. The Hall–Kier alpha value is -4.21. The van der Waals surface area contributed by atoms with Crippen LogP contribution in [0.3, 0.4) is 0 Å². The predicted octanol–water partition coefficient (Wildman–Crippen LogP) is 4.54. The van der Waals surface area contributed by atoms with Crippen LogP contribution in [-0.4, -0.2) is 30.3 Å². The van der Waals surface area contributed by atoms with Crippen molar-refractivity contribution < 1.29 is 18.0 Å². The summed E-state index contributed by atoms with van der Waals surface area (Å²) in [5.41, 5.74) is 0.958. The SMILES string of the molecule is Cc1nn(C)cc1CNC(=O)c1cnn2c(C(F)(F)F)cc(-c3cccc4ccccc34)nc12. The summed E-state index contributed by atoms with van der Waals surface area (Å²) in [6.07, 6.45) is -1.83. The van der Waals surface area contributed by atoms with Gasteiger partial charge in [0, 0.05) is 30.9 Å².